The molecule has 0 radical (unpaired) electrons. The minimum atomic E-state index is -0.169. The molecule has 25 heavy (non-hydrogen) atoms. The second kappa shape index (κ2) is 7.35. The average Bonchev–Trinajstić information content (AvgIpc) is 3.18. The first-order valence-electron chi connectivity index (χ1n) is 8.83. The van der Waals surface area contributed by atoms with Crippen LogP contribution in [0.3, 0.4) is 0 Å². The third-order valence-electron chi connectivity index (χ3n) is 5.15. The quantitative estimate of drug-likeness (QED) is 0.885. The SMILES string of the molecule is Cc1nn(C)c(C)c1NC(=O)[C@@H](C)N1CCC[C@H](Cn2cncn2)C1. The van der Waals surface area contributed by atoms with E-state index >= 15 is 0 Å². The van der Waals surface area contributed by atoms with Crippen molar-refractivity contribution in [2.45, 2.75) is 46.2 Å². The van der Waals surface area contributed by atoms with Gasteiger partial charge in [0.15, 0.2) is 0 Å². The zero-order valence-corrected chi connectivity index (χ0v) is 15.4. The highest BCUT2D eigenvalue weighted by molar-refractivity contribution is 5.95. The van der Waals surface area contributed by atoms with Gasteiger partial charge in [-0.3, -0.25) is 19.1 Å². The number of nitrogens with zero attached hydrogens (tertiary/aromatic N) is 6. The van der Waals surface area contributed by atoms with Crippen LogP contribution in [0.15, 0.2) is 12.7 Å². The molecule has 136 valence electrons. The van der Waals surface area contributed by atoms with Crippen molar-refractivity contribution < 1.29 is 4.79 Å². The van der Waals surface area contributed by atoms with Gasteiger partial charge in [0.05, 0.1) is 23.1 Å². The molecule has 3 rings (SSSR count). The minimum Gasteiger partial charge on any atom is -0.322 e. The van der Waals surface area contributed by atoms with Gasteiger partial charge in [0.25, 0.3) is 0 Å². The Kier molecular flexibility index (Phi) is 5.17. The third kappa shape index (κ3) is 3.89. The third-order valence-corrected chi connectivity index (χ3v) is 5.15. The molecule has 2 aromatic rings. The van der Waals surface area contributed by atoms with E-state index in [2.05, 4.69) is 25.4 Å². The lowest BCUT2D eigenvalue weighted by atomic mass is 9.96. The number of amides is 1. The van der Waals surface area contributed by atoms with Crippen molar-refractivity contribution in [2.24, 2.45) is 13.0 Å². The maximum atomic E-state index is 12.7. The number of piperidine rings is 1. The van der Waals surface area contributed by atoms with Crippen LogP contribution in [0.25, 0.3) is 0 Å². The molecule has 1 aliphatic heterocycles. The Morgan fingerprint density at radius 1 is 1.44 bits per heavy atom. The van der Waals surface area contributed by atoms with Gasteiger partial charge in [-0.1, -0.05) is 0 Å². The van der Waals surface area contributed by atoms with Gasteiger partial charge in [0.1, 0.15) is 12.7 Å². The van der Waals surface area contributed by atoms with Gasteiger partial charge in [-0.2, -0.15) is 10.2 Å². The standard InChI is InChI=1S/C17H27N7O/c1-12-16(13(2)22(4)21-12)20-17(25)14(3)23-7-5-6-15(8-23)9-24-11-18-10-19-24/h10-11,14-15H,5-9H2,1-4H3,(H,20,25)/t14-,15+/m1/s1. The Hall–Kier alpha value is -2.22. The summed E-state index contributed by atoms with van der Waals surface area (Å²) >= 11 is 0. The lowest BCUT2D eigenvalue weighted by Crippen LogP contribution is -2.47. The molecule has 0 unspecified atom stereocenters. The Morgan fingerprint density at radius 2 is 2.24 bits per heavy atom. The van der Waals surface area contributed by atoms with Crippen molar-refractivity contribution in [2.75, 3.05) is 18.4 Å². The summed E-state index contributed by atoms with van der Waals surface area (Å²) < 4.78 is 3.67. The molecule has 3 heterocycles. The van der Waals surface area contributed by atoms with Gasteiger partial charge >= 0.3 is 0 Å². The fraction of sp³-hybridized carbons (Fsp3) is 0.647. The molecule has 1 saturated heterocycles. The van der Waals surface area contributed by atoms with E-state index in [-0.39, 0.29) is 11.9 Å². The maximum Gasteiger partial charge on any atom is 0.241 e. The second-order valence-electron chi connectivity index (χ2n) is 6.96. The number of hydrogen-bond acceptors (Lipinski definition) is 5. The largest absolute Gasteiger partial charge is 0.322 e. The van der Waals surface area contributed by atoms with Gasteiger partial charge in [0.2, 0.25) is 5.91 Å². The molecule has 0 saturated carbocycles. The van der Waals surface area contributed by atoms with Crippen LogP contribution in [0.2, 0.25) is 0 Å². The van der Waals surface area contributed by atoms with E-state index in [4.69, 9.17) is 0 Å². The summed E-state index contributed by atoms with van der Waals surface area (Å²) in [6.07, 6.45) is 5.58. The van der Waals surface area contributed by atoms with Crippen LogP contribution in [0.5, 0.6) is 0 Å². The van der Waals surface area contributed by atoms with Crippen LogP contribution < -0.4 is 5.32 Å². The van der Waals surface area contributed by atoms with E-state index in [0.29, 0.717) is 5.92 Å². The average molecular weight is 345 g/mol. The number of rotatable bonds is 5. The number of anilines is 1. The number of aromatic nitrogens is 5. The first-order chi connectivity index (χ1) is 12.0. The fourth-order valence-electron chi connectivity index (χ4n) is 3.54. The second-order valence-corrected chi connectivity index (χ2v) is 6.96. The van der Waals surface area contributed by atoms with E-state index in [0.717, 1.165) is 49.6 Å². The van der Waals surface area contributed by atoms with Gasteiger partial charge in [-0.05, 0) is 46.1 Å². The van der Waals surface area contributed by atoms with Crippen molar-refractivity contribution in [3.05, 3.63) is 24.0 Å². The molecule has 1 fully saturated rings. The highest BCUT2D eigenvalue weighted by Crippen LogP contribution is 2.22. The summed E-state index contributed by atoms with van der Waals surface area (Å²) in [5.74, 6) is 0.521. The van der Waals surface area contributed by atoms with Crippen molar-refractivity contribution in [1.82, 2.24) is 29.4 Å². The predicted molar refractivity (Wildman–Crippen MR) is 95.1 cm³/mol. The van der Waals surface area contributed by atoms with Gasteiger partial charge in [0, 0.05) is 20.1 Å². The van der Waals surface area contributed by atoms with E-state index in [1.165, 1.54) is 0 Å². The molecule has 0 aliphatic carbocycles. The lowest BCUT2D eigenvalue weighted by Gasteiger charge is -2.36. The summed E-state index contributed by atoms with van der Waals surface area (Å²) in [5, 5.41) is 11.6. The Labute approximate surface area is 148 Å². The lowest BCUT2D eigenvalue weighted by molar-refractivity contribution is -0.121. The molecule has 8 nitrogen and oxygen atoms in total. The first kappa shape index (κ1) is 17.6. The number of carbonyl (C=O) groups is 1. The molecule has 1 N–H and O–H groups in total. The van der Waals surface area contributed by atoms with Crippen LogP contribution in [0, 0.1) is 19.8 Å². The zero-order chi connectivity index (χ0) is 18.0. The molecular formula is C17H27N7O. The number of aryl methyl sites for hydroxylation is 2. The molecule has 1 amide bonds. The topological polar surface area (TPSA) is 80.9 Å². The van der Waals surface area contributed by atoms with Gasteiger partial charge < -0.3 is 5.32 Å². The van der Waals surface area contributed by atoms with Crippen LogP contribution in [-0.2, 0) is 18.4 Å². The van der Waals surface area contributed by atoms with Crippen LogP contribution >= 0.6 is 0 Å². The van der Waals surface area contributed by atoms with E-state index in [1.54, 1.807) is 17.3 Å². The smallest absolute Gasteiger partial charge is 0.241 e. The van der Waals surface area contributed by atoms with E-state index < -0.39 is 0 Å². The number of likely N-dealkylation sites (tertiary alicyclic amines) is 1. The van der Waals surface area contributed by atoms with Crippen LogP contribution in [0.4, 0.5) is 5.69 Å². The number of carbonyl (C=O) groups excluding carboxylic acids is 1. The van der Waals surface area contributed by atoms with Crippen molar-refractivity contribution in [3.63, 3.8) is 0 Å². The molecule has 2 aromatic heterocycles. The normalized spacial score (nSPS) is 19.8. The molecule has 8 heteroatoms. The molecule has 1 aliphatic rings. The Balaban J connectivity index is 1.61. The van der Waals surface area contributed by atoms with E-state index in [1.807, 2.05) is 32.5 Å². The van der Waals surface area contributed by atoms with Crippen LogP contribution in [-0.4, -0.2) is 54.5 Å². The molecule has 0 bridgehead atoms. The monoisotopic (exact) mass is 345 g/mol. The first-order valence-corrected chi connectivity index (χ1v) is 8.83. The summed E-state index contributed by atoms with van der Waals surface area (Å²) in [7, 11) is 1.89. The Morgan fingerprint density at radius 3 is 2.88 bits per heavy atom. The predicted octanol–water partition coefficient (Wildman–Crippen LogP) is 1.37. The van der Waals surface area contributed by atoms with Crippen molar-refractivity contribution in [3.8, 4) is 0 Å². The summed E-state index contributed by atoms with van der Waals surface area (Å²) in [6, 6.07) is -0.169. The maximum absolute atomic E-state index is 12.7. The number of nitrogens with one attached hydrogen (secondary N) is 1. The fourth-order valence-corrected chi connectivity index (χ4v) is 3.54. The van der Waals surface area contributed by atoms with Gasteiger partial charge in [-0.15, -0.1) is 0 Å². The zero-order valence-electron chi connectivity index (χ0n) is 15.4. The highest BCUT2D eigenvalue weighted by atomic mass is 16.2. The highest BCUT2D eigenvalue weighted by Gasteiger charge is 2.28. The van der Waals surface area contributed by atoms with Crippen molar-refractivity contribution in [1.29, 1.82) is 0 Å². The van der Waals surface area contributed by atoms with Gasteiger partial charge in [-0.25, -0.2) is 4.98 Å². The molecule has 0 aromatic carbocycles. The molecular weight excluding hydrogens is 318 g/mol. The molecule has 0 spiro atoms. The summed E-state index contributed by atoms with van der Waals surface area (Å²) in [6.45, 7) is 8.57. The van der Waals surface area contributed by atoms with Crippen LogP contribution in [0.1, 0.15) is 31.2 Å². The minimum absolute atomic E-state index is 0.0283. The summed E-state index contributed by atoms with van der Waals surface area (Å²) in [5.41, 5.74) is 2.65. The van der Waals surface area contributed by atoms with E-state index in [9.17, 15) is 4.79 Å². The number of hydrogen-bond donors (Lipinski definition) is 1. The molecule has 2 atom stereocenters. The Bertz CT molecular complexity index is 722. The van der Waals surface area contributed by atoms with Crippen molar-refractivity contribution >= 4 is 11.6 Å². The summed E-state index contributed by atoms with van der Waals surface area (Å²) in [4.78, 5) is 19.0.